The van der Waals surface area contributed by atoms with E-state index < -0.39 is 5.97 Å². The predicted molar refractivity (Wildman–Crippen MR) is 121 cm³/mol. The van der Waals surface area contributed by atoms with Gasteiger partial charge in [-0.25, -0.2) is 9.78 Å². The molecule has 8 nitrogen and oxygen atoms in total. The number of aromatic nitrogens is 2. The molecule has 3 rings (SSSR count). The fourth-order valence-corrected chi connectivity index (χ4v) is 3.39. The van der Waals surface area contributed by atoms with Gasteiger partial charge >= 0.3 is 5.97 Å². The SMILES string of the molecule is CCCNc1cnc2c(c1)c(NC(=O)Cc1ccccc1)c(C(=O)OC)n2CCOC. The van der Waals surface area contributed by atoms with E-state index in [1.807, 2.05) is 36.4 Å². The third kappa shape index (κ3) is 5.21. The normalized spacial score (nSPS) is 10.8. The summed E-state index contributed by atoms with van der Waals surface area (Å²) in [5, 5.41) is 6.89. The van der Waals surface area contributed by atoms with Gasteiger partial charge in [0.25, 0.3) is 0 Å². The molecule has 0 saturated carbocycles. The van der Waals surface area contributed by atoms with Gasteiger partial charge in [-0.3, -0.25) is 4.79 Å². The number of fused-ring (bicyclic) bond motifs is 1. The molecule has 0 spiro atoms. The maximum Gasteiger partial charge on any atom is 0.356 e. The van der Waals surface area contributed by atoms with Crippen molar-refractivity contribution < 1.29 is 19.1 Å². The molecule has 1 aromatic carbocycles. The van der Waals surface area contributed by atoms with Crippen molar-refractivity contribution in [2.75, 3.05) is 38.0 Å². The Balaban J connectivity index is 2.07. The van der Waals surface area contributed by atoms with Crippen molar-refractivity contribution in [3.63, 3.8) is 0 Å². The minimum absolute atomic E-state index is 0.188. The van der Waals surface area contributed by atoms with Crippen LogP contribution in [0.4, 0.5) is 11.4 Å². The van der Waals surface area contributed by atoms with E-state index in [9.17, 15) is 9.59 Å². The number of carbonyl (C=O) groups is 2. The van der Waals surface area contributed by atoms with Crippen molar-refractivity contribution >= 4 is 34.3 Å². The summed E-state index contributed by atoms with van der Waals surface area (Å²) < 4.78 is 12.0. The Labute approximate surface area is 181 Å². The Morgan fingerprint density at radius 1 is 1.16 bits per heavy atom. The van der Waals surface area contributed by atoms with Crippen molar-refractivity contribution in [1.29, 1.82) is 0 Å². The second-order valence-electron chi connectivity index (χ2n) is 7.09. The zero-order valence-corrected chi connectivity index (χ0v) is 18.1. The molecule has 2 aromatic heterocycles. The number of pyridine rings is 1. The highest BCUT2D eigenvalue weighted by Crippen LogP contribution is 2.32. The zero-order valence-electron chi connectivity index (χ0n) is 18.1. The van der Waals surface area contributed by atoms with Gasteiger partial charge in [-0.05, 0) is 18.1 Å². The van der Waals surface area contributed by atoms with E-state index in [1.54, 1.807) is 17.9 Å². The standard InChI is InChI=1S/C23H28N4O4/c1-4-10-24-17-14-18-20(26-19(28)13-16-8-6-5-7-9-16)21(23(29)31-3)27(11-12-30-2)22(18)25-15-17/h5-9,14-15,24H,4,10-13H2,1-3H3,(H,26,28). The second-order valence-corrected chi connectivity index (χ2v) is 7.09. The number of benzene rings is 1. The van der Waals surface area contributed by atoms with Crippen LogP contribution in [0.5, 0.6) is 0 Å². The quantitative estimate of drug-likeness (QED) is 0.484. The second kappa shape index (κ2) is 10.6. The molecule has 0 aliphatic heterocycles. The van der Waals surface area contributed by atoms with Crippen molar-refractivity contribution in [3.8, 4) is 0 Å². The lowest BCUT2D eigenvalue weighted by Gasteiger charge is -2.10. The van der Waals surface area contributed by atoms with Crippen LogP contribution in [-0.4, -0.2) is 48.8 Å². The van der Waals surface area contributed by atoms with Gasteiger partial charge in [0.1, 0.15) is 5.65 Å². The Bertz CT molecular complexity index is 1050. The highest BCUT2D eigenvalue weighted by molar-refractivity contribution is 6.11. The number of hydrogen-bond donors (Lipinski definition) is 2. The van der Waals surface area contributed by atoms with Crippen LogP contribution in [0.2, 0.25) is 0 Å². The van der Waals surface area contributed by atoms with Gasteiger partial charge in [0.2, 0.25) is 5.91 Å². The van der Waals surface area contributed by atoms with E-state index in [1.165, 1.54) is 7.11 Å². The van der Waals surface area contributed by atoms with Gasteiger partial charge in [-0.2, -0.15) is 0 Å². The van der Waals surface area contributed by atoms with Gasteiger partial charge in [-0.15, -0.1) is 0 Å². The van der Waals surface area contributed by atoms with E-state index in [2.05, 4.69) is 22.5 Å². The Morgan fingerprint density at radius 2 is 1.94 bits per heavy atom. The molecule has 2 N–H and O–H groups in total. The molecule has 0 aliphatic rings. The number of amides is 1. The smallest absolute Gasteiger partial charge is 0.356 e. The van der Waals surface area contributed by atoms with Crippen LogP contribution >= 0.6 is 0 Å². The monoisotopic (exact) mass is 424 g/mol. The minimum atomic E-state index is -0.549. The Morgan fingerprint density at radius 3 is 2.61 bits per heavy atom. The summed E-state index contributed by atoms with van der Waals surface area (Å²) in [5.41, 5.74) is 2.91. The number of nitrogens with zero attached hydrogens (tertiary/aromatic N) is 2. The summed E-state index contributed by atoms with van der Waals surface area (Å²) in [5.74, 6) is -0.777. The van der Waals surface area contributed by atoms with E-state index in [0.29, 0.717) is 29.9 Å². The first-order valence-electron chi connectivity index (χ1n) is 10.3. The number of carbonyl (C=O) groups excluding carboxylic acids is 2. The van der Waals surface area contributed by atoms with Gasteiger partial charge in [0, 0.05) is 25.6 Å². The molecule has 164 valence electrons. The molecule has 0 saturated heterocycles. The topological polar surface area (TPSA) is 94.5 Å². The summed E-state index contributed by atoms with van der Waals surface area (Å²) in [6.07, 6.45) is 2.87. The fraction of sp³-hybridized carbons (Fsp3) is 0.348. The van der Waals surface area contributed by atoms with Crippen molar-refractivity contribution in [2.45, 2.75) is 26.3 Å². The first kappa shape index (κ1) is 22.3. The first-order valence-corrected chi connectivity index (χ1v) is 10.3. The molecule has 31 heavy (non-hydrogen) atoms. The van der Waals surface area contributed by atoms with Crippen molar-refractivity contribution in [3.05, 3.63) is 53.9 Å². The molecule has 8 heteroatoms. The summed E-state index contributed by atoms with van der Waals surface area (Å²) in [4.78, 5) is 30.1. The van der Waals surface area contributed by atoms with Crippen LogP contribution in [0.1, 0.15) is 29.4 Å². The number of nitrogens with one attached hydrogen (secondary N) is 2. The third-order valence-corrected chi connectivity index (χ3v) is 4.85. The molecular weight excluding hydrogens is 396 g/mol. The maximum atomic E-state index is 12.8. The van der Waals surface area contributed by atoms with Crippen molar-refractivity contribution in [2.24, 2.45) is 0 Å². The molecule has 0 unspecified atom stereocenters. The van der Waals surface area contributed by atoms with E-state index in [0.717, 1.165) is 24.2 Å². The molecule has 3 aromatic rings. The van der Waals surface area contributed by atoms with Crippen LogP contribution < -0.4 is 10.6 Å². The average molecular weight is 425 g/mol. The van der Waals surface area contributed by atoms with Crippen molar-refractivity contribution in [1.82, 2.24) is 9.55 Å². The average Bonchev–Trinajstić information content (AvgIpc) is 3.08. The summed E-state index contributed by atoms with van der Waals surface area (Å²) in [6.45, 7) is 3.63. The van der Waals surface area contributed by atoms with Crippen LogP contribution in [0, 0.1) is 0 Å². The lowest BCUT2D eigenvalue weighted by molar-refractivity contribution is -0.115. The molecule has 1 amide bonds. The highest BCUT2D eigenvalue weighted by Gasteiger charge is 2.26. The Kier molecular flexibility index (Phi) is 7.61. The molecule has 0 radical (unpaired) electrons. The number of rotatable bonds is 10. The van der Waals surface area contributed by atoms with Gasteiger partial charge < -0.3 is 24.7 Å². The van der Waals surface area contributed by atoms with Gasteiger partial charge in [0.05, 0.1) is 37.7 Å². The molecule has 0 bridgehead atoms. The minimum Gasteiger partial charge on any atom is -0.464 e. The lowest BCUT2D eigenvalue weighted by Crippen LogP contribution is -2.19. The van der Waals surface area contributed by atoms with Crippen LogP contribution in [0.3, 0.4) is 0 Å². The summed E-state index contributed by atoms with van der Waals surface area (Å²) in [7, 11) is 2.91. The van der Waals surface area contributed by atoms with E-state index in [4.69, 9.17) is 9.47 Å². The summed E-state index contributed by atoms with van der Waals surface area (Å²) >= 11 is 0. The molecular formula is C23H28N4O4. The largest absolute Gasteiger partial charge is 0.464 e. The van der Waals surface area contributed by atoms with Gasteiger partial charge in [0.15, 0.2) is 5.69 Å². The molecule has 0 aliphatic carbocycles. The van der Waals surface area contributed by atoms with E-state index in [-0.39, 0.29) is 18.0 Å². The van der Waals surface area contributed by atoms with Gasteiger partial charge in [-0.1, -0.05) is 37.3 Å². The molecule has 0 fully saturated rings. The summed E-state index contributed by atoms with van der Waals surface area (Å²) in [6, 6.07) is 11.3. The first-order chi connectivity index (χ1) is 15.1. The fourth-order valence-electron chi connectivity index (χ4n) is 3.39. The number of esters is 1. The predicted octanol–water partition coefficient (Wildman–Crippen LogP) is 3.47. The zero-order chi connectivity index (χ0) is 22.2. The molecule has 0 atom stereocenters. The lowest BCUT2D eigenvalue weighted by atomic mass is 10.1. The molecule has 2 heterocycles. The Hall–Kier alpha value is -3.39. The van der Waals surface area contributed by atoms with Crippen LogP contribution in [0.15, 0.2) is 42.6 Å². The number of methoxy groups -OCH3 is 2. The number of ether oxygens (including phenoxy) is 2. The number of hydrogen-bond acceptors (Lipinski definition) is 6. The third-order valence-electron chi connectivity index (χ3n) is 4.85. The highest BCUT2D eigenvalue weighted by atomic mass is 16.5. The van der Waals surface area contributed by atoms with Crippen LogP contribution in [-0.2, 0) is 27.2 Å². The van der Waals surface area contributed by atoms with E-state index >= 15 is 0 Å². The number of anilines is 2. The maximum absolute atomic E-state index is 12.8. The van der Waals surface area contributed by atoms with Crippen LogP contribution in [0.25, 0.3) is 11.0 Å².